The van der Waals surface area contributed by atoms with Crippen molar-refractivity contribution >= 4 is 11.8 Å². The number of likely N-dealkylation sites (tertiary alicyclic amines) is 1. The van der Waals surface area contributed by atoms with Crippen LogP contribution in [0.4, 0.5) is 0 Å². The molecule has 0 saturated carbocycles. The van der Waals surface area contributed by atoms with Gasteiger partial charge >= 0.3 is 0 Å². The molecule has 0 spiro atoms. The predicted octanol–water partition coefficient (Wildman–Crippen LogP) is 0.474. The third-order valence-corrected chi connectivity index (χ3v) is 3.41. The van der Waals surface area contributed by atoms with Crippen LogP contribution in [0, 0.1) is 5.92 Å². The summed E-state index contributed by atoms with van der Waals surface area (Å²) in [5.74, 6) is 0.304. The number of nitrogens with zero attached hydrogens (tertiary/aromatic N) is 2. The summed E-state index contributed by atoms with van der Waals surface area (Å²) in [5, 5.41) is 9.15. The zero-order valence-electron chi connectivity index (χ0n) is 11.6. The van der Waals surface area contributed by atoms with Crippen LogP contribution in [0.1, 0.15) is 32.6 Å². The molecule has 5 nitrogen and oxygen atoms in total. The summed E-state index contributed by atoms with van der Waals surface area (Å²) in [7, 11) is 3.53. The van der Waals surface area contributed by atoms with Gasteiger partial charge in [-0.2, -0.15) is 0 Å². The van der Waals surface area contributed by atoms with Crippen LogP contribution in [0.15, 0.2) is 0 Å². The fourth-order valence-electron chi connectivity index (χ4n) is 2.23. The molecule has 0 radical (unpaired) electrons. The van der Waals surface area contributed by atoms with Gasteiger partial charge in [0.1, 0.15) is 0 Å². The first-order chi connectivity index (χ1) is 8.41. The van der Waals surface area contributed by atoms with Crippen LogP contribution in [0.3, 0.4) is 0 Å². The maximum atomic E-state index is 11.8. The largest absolute Gasteiger partial charge is 0.393 e. The zero-order valence-corrected chi connectivity index (χ0v) is 11.6. The molecule has 1 rings (SSSR count). The molecule has 2 amide bonds. The predicted molar refractivity (Wildman–Crippen MR) is 68.9 cm³/mol. The Bertz CT molecular complexity index is 295. The van der Waals surface area contributed by atoms with E-state index in [-0.39, 0.29) is 17.7 Å². The van der Waals surface area contributed by atoms with Gasteiger partial charge in [0.25, 0.3) is 0 Å². The highest BCUT2D eigenvalue weighted by molar-refractivity contribution is 5.79. The minimum atomic E-state index is -0.429. The van der Waals surface area contributed by atoms with Crippen LogP contribution in [0.25, 0.3) is 0 Å². The third kappa shape index (κ3) is 4.29. The number of hydrogen-bond donors (Lipinski definition) is 1. The van der Waals surface area contributed by atoms with E-state index >= 15 is 0 Å². The third-order valence-electron chi connectivity index (χ3n) is 3.41. The molecule has 1 atom stereocenters. The fourth-order valence-corrected chi connectivity index (χ4v) is 2.23. The average molecular weight is 256 g/mol. The minimum Gasteiger partial charge on any atom is -0.393 e. The van der Waals surface area contributed by atoms with E-state index in [9.17, 15) is 9.59 Å². The highest BCUT2D eigenvalue weighted by Crippen LogP contribution is 2.19. The monoisotopic (exact) mass is 256 g/mol. The topological polar surface area (TPSA) is 60.9 Å². The molecule has 1 N–H and O–H groups in total. The molecule has 0 aromatic rings. The highest BCUT2D eigenvalue weighted by Gasteiger charge is 2.27. The van der Waals surface area contributed by atoms with E-state index in [1.165, 1.54) is 0 Å². The van der Waals surface area contributed by atoms with Crippen molar-refractivity contribution in [2.75, 3.05) is 27.2 Å². The molecule has 1 aliphatic heterocycles. The van der Waals surface area contributed by atoms with Gasteiger partial charge in [-0.1, -0.05) is 0 Å². The molecule has 18 heavy (non-hydrogen) atoms. The van der Waals surface area contributed by atoms with E-state index in [1.54, 1.807) is 25.9 Å². The standard InChI is InChI=1S/C13H24N2O3/c1-10(16)4-5-12(17)15-8-6-11(7-9-15)13(18)14(2)3/h10-11,16H,4-9H2,1-3H3. The van der Waals surface area contributed by atoms with E-state index in [2.05, 4.69) is 0 Å². The molecular formula is C13H24N2O3. The second kappa shape index (κ2) is 6.73. The first-order valence-electron chi connectivity index (χ1n) is 6.58. The van der Waals surface area contributed by atoms with E-state index < -0.39 is 6.10 Å². The van der Waals surface area contributed by atoms with E-state index in [4.69, 9.17) is 5.11 Å². The lowest BCUT2D eigenvalue weighted by Gasteiger charge is -2.32. The number of rotatable bonds is 4. The van der Waals surface area contributed by atoms with Crippen LogP contribution in [0.2, 0.25) is 0 Å². The molecule has 5 heteroatoms. The molecule has 0 aromatic carbocycles. The number of aliphatic hydroxyl groups is 1. The molecule has 1 saturated heterocycles. The van der Waals surface area contributed by atoms with Crippen molar-refractivity contribution in [1.82, 2.24) is 9.80 Å². The summed E-state index contributed by atoms with van der Waals surface area (Å²) >= 11 is 0. The number of carbonyl (C=O) groups excluding carboxylic acids is 2. The number of aliphatic hydroxyl groups excluding tert-OH is 1. The SMILES string of the molecule is CC(O)CCC(=O)N1CCC(C(=O)N(C)C)CC1. The second-order valence-corrected chi connectivity index (χ2v) is 5.28. The molecule has 0 aliphatic carbocycles. The molecule has 1 aliphatic rings. The molecule has 0 bridgehead atoms. The quantitative estimate of drug-likeness (QED) is 0.795. The Morgan fingerprint density at radius 3 is 2.33 bits per heavy atom. The van der Waals surface area contributed by atoms with Gasteiger partial charge < -0.3 is 14.9 Å². The summed E-state index contributed by atoms with van der Waals surface area (Å²) in [4.78, 5) is 27.0. The fraction of sp³-hybridized carbons (Fsp3) is 0.846. The van der Waals surface area contributed by atoms with Gasteiger partial charge in [0.2, 0.25) is 11.8 Å². The maximum Gasteiger partial charge on any atom is 0.225 e. The number of piperidine rings is 1. The van der Waals surface area contributed by atoms with Gasteiger partial charge in [0, 0.05) is 39.5 Å². The number of carbonyl (C=O) groups is 2. The summed E-state index contributed by atoms with van der Waals surface area (Å²) in [6.07, 6.45) is 1.97. The van der Waals surface area contributed by atoms with Gasteiger partial charge in [0.15, 0.2) is 0 Å². The maximum absolute atomic E-state index is 11.8. The first-order valence-corrected chi connectivity index (χ1v) is 6.58. The number of hydrogen-bond acceptors (Lipinski definition) is 3. The smallest absolute Gasteiger partial charge is 0.225 e. The van der Waals surface area contributed by atoms with Gasteiger partial charge in [-0.15, -0.1) is 0 Å². The molecular weight excluding hydrogens is 232 g/mol. The highest BCUT2D eigenvalue weighted by atomic mass is 16.3. The van der Waals surface area contributed by atoms with Crippen molar-refractivity contribution < 1.29 is 14.7 Å². The Hall–Kier alpha value is -1.10. The second-order valence-electron chi connectivity index (χ2n) is 5.28. The summed E-state index contributed by atoms with van der Waals surface area (Å²) in [6.45, 7) is 3.00. The molecule has 1 unspecified atom stereocenters. The van der Waals surface area contributed by atoms with Crippen LogP contribution in [-0.4, -0.2) is 60.0 Å². The lowest BCUT2D eigenvalue weighted by Crippen LogP contribution is -2.42. The van der Waals surface area contributed by atoms with Crippen LogP contribution >= 0.6 is 0 Å². The normalized spacial score (nSPS) is 18.6. The number of amides is 2. The van der Waals surface area contributed by atoms with Crippen molar-refractivity contribution in [3.63, 3.8) is 0 Å². The molecule has 1 heterocycles. The first kappa shape index (κ1) is 15.0. The minimum absolute atomic E-state index is 0.0563. The van der Waals surface area contributed by atoms with Crippen molar-refractivity contribution in [2.24, 2.45) is 5.92 Å². The Balaban J connectivity index is 2.35. The Kier molecular flexibility index (Phi) is 5.59. The van der Waals surface area contributed by atoms with Gasteiger partial charge in [0.05, 0.1) is 6.10 Å². The van der Waals surface area contributed by atoms with E-state index in [1.807, 2.05) is 4.90 Å². The van der Waals surface area contributed by atoms with E-state index in [0.717, 1.165) is 12.8 Å². The van der Waals surface area contributed by atoms with E-state index in [0.29, 0.717) is 25.9 Å². The lowest BCUT2D eigenvalue weighted by atomic mass is 9.95. The van der Waals surface area contributed by atoms with Crippen molar-refractivity contribution in [3.05, 3.63) is 0 Å². The Morgan fingerprint density at radius 2 is 1.89 bits per heavy atom. The van der Waals surface area contributed by atoms with Crippen molar-refractivity contribution in [3.8, 4) is 0 Å². The summed E-state index contributed by atoms with van der Waals surface area (Å²) in [5.41, 5.74) is 0. The van der Waals surface area contributed by atoms with Crippen LogP contribution in [-0.2, 0) is 9.59 Å². The molecule has 0 aromatic heterocycles. The average Bonchev–Trinajstić information content (AvgIpc) is 2.35. The van der Waals surface area contributed by atoms with Gasteiger partial charge in [-0.05, 0) is 26.2 Å². The summed E-state index contributed by atoms with van der Waals surface area (Å²) < 4.78 is 0. The van der Waals surface area contributed by atoms with Crippen LogP contribution in [0.5, 0.6) is 0 Å². The zero-order chi connectivity index (χ0) is 13.7. The summed E-state index contributed by atoms with van der Waals surface area (Å²) in [6, 6.07) is 0. The lowest BCUT2D eigenvalue weighted by molar-refractivity contribution is -0.139. The van der Waals surface area contributed by atoms with Crippen molar-refractivity contribution in [1.29, 1.82) is 0 Å². The van der Waals surface area contributed by atoms with Crippen molar-refractivity contribution in [2.45, 2.75) is 38.7 Å². The molecule has 104 valence electrons. The molecule has 1 fully saturated rings. The Labute approximate surface area is 109 Å². The van der Waals surface area contributed by atoms with Gasteiger partial charge in [-0.25, -0.2) is 0 Å². The van der Waals surface area contributed by atoms with Gasteiger partial charge in [-0.3, -0.25) is 9.59 Å². The Morgan fingerprint density at radius 1 is 1.33 bits per heavy atom. The van der Waals surface area contributed by atoms with Crippen LogP contribution < -0.4 is 0 Å².